The van der Waals surface area contributed by atoms with Gasteiger partial charge in [-0.3, -0.25) is 0 Å². The summed E-state index contributed by atoms with van der Waals surface area (Å²) < 4.78 is 46.7. The van der Waals surface area contributed by atoms with Gasteiger partial charge in [0.1, 0.15) is 15.9 Å². The molecule has 0 spiro atoms. The van der Waals surface area contributed by atoms with Crippen LogP contribution in [0.1, 0.15) is 71.7 Å². The molecule has 8 heteroatoms. The summed E-state index contributed by atoms with van der Waals surface area (Å²) in [5.74, 6) is 0.896. The van der Waals surface area contributed by atoms with Gasteiger partial charge in [0.05, 0.1) is 6.54 Å². The van der Waals surface area contributed by atoms with Crippen molar-refractivity contribution in [1.82, 2.24) is 14.3 Å². The second-order valence-electron chi connectivity index (χ2n) is 11.3. The Bertz CT molecular complexity index is 1260. The van der Waals surface area contributed by atoms with E-state index in [0.29, 0.717) is 29.2 Å². The number of halogens is 1. The second-order valence-corrected chi connectivity index (χ2v) is 14.3. The van der Waals surface area contributed by atoms with Gasteiger partial charge in [-0.05, 0) is 50.8 Å². The second kappa shape index (κ2) is 9.55. The summed E-state index contributed by atoms with van der Waals surface area (Å²) >= 11 is 1.26. The van der Waals surface area contributed by atoms with Crippen molar-refractivity contribution >= 4 is 21.4 Å². The number of imidazole rings is 1. The summed E-state index contributed by atoms with van der Waals surface area (Å²) in [7, 11) is -3.76. The number of rotatable bonds is 7. The zero-order chi connectivity index (χ0) is 25.5. The predicted octanol–water partition coefficient (Wildman–Crippen LogP) is 6.37. The summed E-state index contributed by atoms with van der Waals surface area (Å²) in [5.41, 5.74) is 0.849. The Morgan fingerprint density at radius 2 is 1.79 bits per heavy atom. The number of hydrogen-bond donors (Lipinski definition) is 1. The molecule has 0 aliphatic carbocycles. The average Bonchev–Trinajstić information content (AvgIpc) is 3.28. The van der Waals surface area contributed by atoms with Crippen LogP contribution in [-0.2, 0) is 28.4 Å². The summed E-state index contributed by atoms with van der Waals surface area (Å²) in [6.07, 6.45) is 4.35. The molecule has 0 radical (unpaired) electrons. The van der Waals surface area contributed by atoms with E-state index in [1.54, 1.807) is 12.3 Å². The fraction of sp³-hybridized carbons (Fsp3) is 0.500. The van der Waals surface area contributed by atoms with Gasteiger partial charge in [-0.15, -0.1) is 11.3 Å². The van der Waals surface area contributed by atoms with Crippen LogP contribution in [0.3, 0.4) is 0 Å². The summed E-state index contributed by atoms with van der Waals surface area (Å²) in [5, 5.41) is 0. The maximum Gasteiger partial charge on any atom is 0.251 e. The van der Waals surface area contributed by atoms with Crippen LogP contribution in [0.4, 0.5) is 4.39 Å². The minimum absolute atomic E-state index is 0.160. The highest BCUT2D eigenvalue weighted by molar-refractivity contribution is 7.91. The molecule has 2 heterocycles. The third-order valence-electron chi connectivity index (χ3n) is 5.13. The van der Waals surface area contributed by atoms with Crippen molar-refractivity contribution in [2.75, 3.05) is 0 Å². The van der Waals surface area contributed by atoms with E-state index < -0.39 is 15.6 Å². The fourth-order valence-corrected chi connectivity index (χ4v) is 7.25. The molecule has 34 heavy (non-hydrogen) atoms. The first-order valence-corrected chi connectivity index (χ1v) is 13.8. The molecule has 0 fully saturated rings. The summed E-state index contributed by atoms with van der Waals surface area (Å²) in [6.45, 7) is 16.2. The highest BCUT2D eigenvalue weighted by atomic mass is 32.2. The lowest BCUT2D eigenvalue weighted by atomic mass is 9.95. The predicted molar refractivity (Wildman–Crippen MR) is 138 cm³/mol. The molecule has 0 saturated heterocycles. The molecule has 0 atom stereocenters. The third-order valence-corrected chi connectivity index (χ3v) is 8.58. The van der Waals surface area contributed by atoms with E-state index in [9.17, 15) is 8.42 Å². The minimum Gasteiger partial charge on any atom is -0.330 e. The normalized spacial score (nSPS) is 13.1. The summed E-state index contributed by atoms with van der Waals surface area (Å²) in [6, 6.07) is 6.89. The highest BCUT2D eigenvalue weighted by Gasteiger charge is 2.28. The lowest BCUT2D eigenvalue weighted by molar-refractivity contribution is 0.492. The maximum atomic E-state index is 15.3. The Balaban J connectivity index is 2.02. The molecule has 1 N–H and O–H groups in total. The molecule has 186 valence electrons. The fourth-order valence-electron chi connectivity index (χ4n) is 3.88. The molecule has 1 aromatic carbocycles. The highest BCUT2D eigenvalue weighted by Crippen LogP contribution is 2.37. The Labute approximate surface area is 207 Å². The molecule has 0 unspecified atom stereocenters. The largest absolute Gasteiger partial charge is 0.330 e. The van der Waals surface area contributed by atoms with Crippen molar-refractivity contribution in [3.05, 3.63) is 58.7 Å². The van der Waals surface area contributed by atoms with Crippen molar-refractivity contribution in [1.29, 1.82) is 0 Å². The molecule has 0 aliphatic heterocycles. The van der Waals surface area contributed by atoms with Gasteiger partial charge in [-0.2, -0.15) is 0 Å². The Hall–Kier alpha value is -2.03. The van der Waals surface area contributed by atoms with Crippen molar-refractivity contribution < 1.29 is 12.8 Å². The van der Waals surface area contributed by atoms with Crippen molar-refractivity contribution in [2.45, 2.75) is 83.5 Å². The molecule has 0 bridgehead atoms. The molecule has 0 amide bonds. The monoisotopic (exact) mass is 505 g/mol. The van der Waals surface area contributed by atoms with Crippen LogP contribution in [0.15, 0.2) is 40.9 Å². The van der Waals surface area contributed by atoms with E-state index in [2.05, 4.69) is 44.3 Å². The molecule has 3 aromatic rings. The first-order valence-electron chi connectivity index (χ1n) is 11.5. The lowest BCUT2D eigenvalue weighted by Crippen LogP contribution is -2.40. The number of aromatic nitrogens is 2. The van der Waals surface area contributed by atoms with Gasteiger partial charge < -0.3 is 4.57 Å². The SMILES string of the molecule is CC(C)Cc1cc(-c2ccc(Cn3ccnc3C(C)(C)C)c(F)c2)c(S(=O)(=O)NC(C)(C)C)s1. The topological polar surface area (TPSA) is 64.0 Å². The standard InChI is InChI=1S/C26H36FN3O2S2/c1-17(2)13-20-15-21(23(33-20)34(31,32)29-26(6,7)8)18-9-10-19(22(27)14-18)16-30-12-11-28-24(30)25(3,4)5/h9-12,14-15,17,29H,13,16H2,1-8H3. The van der Waals surface area contributed by atoms with Crippen molar-refractivity contribution in [3.63, 3.8) is 0 Å². The molecule has 0 aliphatic rings. The zero-order valence-electron chi connectivity index (χ0n) is 21.4. The minimum atomic E-state index is -3.76. The van der Waals surface area contributed by atoms with E-state index in [-0.39, 0.29) is 15.4 Å². The third kappa shape index (κ3) is 6.34. The molecule has 2 aromatic heterocycles. The molecule has 5 nitrogen and oxygen atoms in total. The van der Waals surface area contributed by atoms with Crippen LogP contribution in [-0.4, -0.2) is 23.5 Å². The quantitative estimate of drug-likeness (QED) is 0.406. The Morgan fingerprint density at radius 3 is 2.35 bits per heavy atom. The van der Waals surface area contributed by atoms with Crippen LogP contribution in [0.25, 0.3) is 11.1 Å². The Kier molecular flexibility index (Phi) is 7.46. The van der Waals surface area contributed by atoms with Gasteiger partial charge in [-0.25, -0.2) is 22.5 Å². The van der Waals surface area contributed by atoms with Crippen molar-refractivity contribution in [3.8, 4) is 11.1 Å². The molecule has 0 saturated carbocycles. The number of nitrogens with zero attached hydrogens (tertiary/aromatic N) is 2. The van der Waals surface area contributed by atoms with Gasteiger partial charge in [0.25, 0.3) is 10.0 Å². The molecular formula is C26H36FN3O2S2. The van der Waals surface area contributed by atoms with Gasteiger partial charge in [0, 0.05) is 39.4 Å². The Morgan fingerprint density at radius 1 is 1.12 bits per heavy atom. The van der Waals surface area contributed by atoms with Gasteiger partial charge >= 0.3 is 0 Å². The lowest BCUT2D eigenvalue weighted by Gasteiger charge is -2.20. The van der Waals surface area contributed by atoms with Crippen LogP contribution >= 0.6 is 11.3 Å². The first-order chi connectivity index (χ1) is 15.6. The zero-order valence-corrected chi connectivity index (χ0v) is 23.0. The van der Waals surface area contributed by atoms with Crippen LogP contribution in [0, 0.1) is 11.7 Å². The maximum absolute atomic E-state index is 15.3. The summed E-state index contributed by atoms with van der Waals surface area (Å²) in [4.78, 5) is 5.41. The average molecular weight is 506 g/mol. The number of sulfonamides is 1. The van der Waals surface area contributed by atoms with Gasteiger partial charge in [0.2, 0.25) is 0 Å². The first kappa shape index (κ1) is 26.6. The van der Waals surface area contributed by atoms with Gasteiger partial charge in [-0.1, -0.05) is 46.8 Å². The molecule has 3 rings (SSSR count). The van der Waals surface area contributed by atoms with E-state index in [1.807, 2.05) is 43.7 Å². The smallest absolute Gasteiger partial charge is 0.251 e. The number of nitrogens with one attached hydrogen (secondary N) is 1. The van der Waals surface area contributed by atoms with Crippen LogP contribution < -0.4 is 4.72 Å². The number of thiophene rings is 1. The molecular weight excluding hydrogens is 469 g/mol. The van der Waals surface area contributed by atoms with E-state index in [1.165, 1.54) is 17.4 Å². The number of benzene rings is 1. The van der Waals surface area contributed by atoms with E-state index in [4.69, 9.17) is 0 Å². The van der Waals surface area contributed by atoms with E-state index in [0.717, 1.165) is 17.1 Å². The number of hydrogen-bond acceptors (Lipinski definition) is 4. The van der Waals surface area contributed by atoms with Gasteiger partial charge in [0.15, 0.2) is 0 Å². The van der Waals surface area contributed by atoms with Crippen LogP contribution in [0.2, 0.25) is 0 Å². The van der Waals surface area contributed by atoms with Crippen LogP contribution in [0.5, 0.6) is 0 Å². The van der Waals surface area contributed by atoms with E-state index >= 15 is 4.39 Å². The van der Waals surface area contributed by atoms with Crippen molar-refractivity contribution in [2.24, 2.45) is 5.92 Å².